The van der Waals surface area contributed by atoms with Crippen molar-refractivity contribution in [1.29, 1.82) is 0 Å². The van der Waals surface area contributed by atoms with Crippen LogP contribution >= 0.6 is 0 Å². The van der Waals surface area contributed by atoms with Crippen molar-refractivity contribution in [3.63, 3.8) is 0 Å². The van der Waals surface area contributed by atoms with Crippen molar-refractivity contribution in [2.24, 2.45) is 5.73 Å². The Morgan fingerprint density at radius 1 is 1.22 bits per heavy atom. The van der Waals surface area contributed by atoms with Crippen LogP contribution in [0.4, 0.5) is 0 Å². The van der Waals surface area contributed by atoms with Crippen LogP contribution in [0.3, 0.4) is 0 Å². The molecule has 2 atom stereocenters. The highest BCUT2D eigenvalue weighted by molar-refractivity contribution is 5.87. The van der Waals surface area contributed by atoms with Gasteiger partial charge >= 0.3 is 0 Å². The first-order valence-electron chi connectivity index (χ1n) is 6.04. The van der Waals surface area contributed by atoms with Gasteiger partial charge in [-0.05, 0) is 14.1 Å². The molecule has 0 heterocycles. The van der Waals surface area contributed by atoms with Gasteiger partial charge in [-0.1, -0.05) is 0 Å². The standard InChI is InChI=1S/C10H21N5O3/c1-6(16)15-7(9(11)17)5-14-10(18)8(13-3)4-12-2/h7-8,12-13H,4-5H2,1-3H3,(H2,11,17)(H,14,18)(H,15,16)/t7-,8-/m0/s1/i/hT. The van der Waals surface area contributed by atoms with E-state index >= 15 is 0 Å². The number of hydrogen-bond acceptors (Lipinski definition) is 5. The van der Waals surface area contributed by atoms with Gasteiger partial charge in [0.25, 0.3) is 0 Å². The molecule has 0 aliphatic rings. The minimum Gasteiger partial charge on any atom is -0.368 e. The summed E-state index contributed by atoms with van der Waals surface area (Å²) in [6, 6.07) is -1.41. The minimum absolute atomic E-state index is 0.0784. The summed E-state index contributed by atoms with van der Waals surface area (Å²) >= 11 is 0. The van der Waals surface area contributed by atoms with Gasteiger partial charge < -0.3 is 27.0 Å². The zero-order valence-corrected chi connectivity index (χ0v) is 10.8. The highest BCUT2D eigenvalue weighted by Crippen LogP contribution is 1.85. The van der Waals surface area contributed by atoms with E-state index in [4.69, 9.17) is 1.41 Å². The average Bonchev–Trinajstić information content (AvgIpc) is 2.38. The number of hydrogen-bond donors (Lipinski definition) is 5. The molecule has 0 aliphatic carbocycles. The molecular formula is C10H21N5O3. The Hall–Kier alpha value is -1.67. The maximum absolute atomic E-state index is 11.8. The molecule has 18 heavy (non-hydrogen) atoms. The van der Waals surface area contributed by atoms with Gasteiger partial charge in [0, 0.05) is 20.0 Å². The maximum atomic E-state index is 11.8. The van der Waals surface area contributed by atoms with E-state index in [2.05, 4.69) is 21.3 Å². The maximum Gasteiger partial charge on any atom is 0.241 e. The highest BCUT2D eigenvalue weighted by atomic mass is 16.2. The first kappa shape index (κ1) is 14.4. The number of likely N-dealkylation sites (N-methyl/N-ethyl adjacent to an activating group) is 2. The van der Waals surface area contributed by atoms with Crippen molar-refractivity contribution in [3.8, 4) is 0 Å². The van der Waals surface area contributed by atoms with Crippen LogP contribution in [0, 0.1) is 0 Å². The van der Waals surface area contributed by atoms with Gasteiger partial charge in [0.1, 0.15) is 6.04 Å². The molecule has 104 valence electrons. The molecule has 0 aromatic carbocycles. The molecular weight excluding hydrogens is 238 g/mol. The summed E-state index contributed by atoms with van der Waals surface area (Å²) in [5.74, 6) is -1.40. The van der Waals surface area contributed by atoms with Crippen molar-refractivity contribution in [2.75, 3.05) is 27.2 Å². The van der Waals surface area contributed by atoms with Crippen LogP contribution in [0.2, 0.25) is 1.41 Å². The number of carbonyl (C=O) groups excluding carboxylic acids is 3. The molecule has 6 N–H and O–H groups in total. The van der Waals surface area contributed by atoms with Crippen LogP contribution in [0.15, 0.2) is 0 Å². The fraction of sp³-hybridized carbons (Fsp3) is 0.700. The molecule has 8 nitrogen and oxygen atoms in total. The first-order valence-corrected chi connectivity index (χ1v) is 5.54. The Morgan fingerprint density at radius 2 is 1.89 bits per heavy atom. The summed E-state index contributed by atoms with van der Waals surface area (Å²) in [5.41, 5.74) is 1.68. The number of nitrogens with two attached hydrogens (primary N) is 1. The quantitative estimate of drug-likeness (QED) is 0.316. The Labute approximate surface area is 108 Å². The van der Waals surface area contributed by atoms with Gasteiger partial charge in [-0.15, -0.1) is 0 Å². The lowest BCUT2D eigenvalue weighted by atomic mass is 10.2. The smallest absolute Gasteiger partial charge is 0.241 e. The van der Waals surface area contributed by atoms with Gasteiger partial charge in [-0.3, -0.25) is 14.4 Å². The van der Waals surface area contributed by atoms with E-state index in [1.165, 1.54) is 6.92 Å². The molecule has 0 aromatic heterocycles. The minimum atomic E-state index is -0.967. The fourth-order valence-corrected chi connectivity index (χ4v) is 1.31. The molecule has 0 aromatic rings. The van der Waals surface area contributed by atoms with Gasteiger partial charge in [0.15, 0.2) is 1.41 Å². The van der Waals surface area contributed by atoms with E-state index in [9.17, 15) is 14.4 Å². The van der Waals surface area contributed by atoms with Crippen LogP contribution in [0.1, 0.15) is 6.92 Å². The summed E-state index contributed by atoms with van der Waals surface area (Å²) in [6.07, 6.45) is 0. The summed E-state index contributed by atoms with van der Waals surface area (Å²) in [5, 5.41) is 10.6. The van der Waals surface area contributed by atoms with Crippen molar-refractivity contribution in [2.45, 2.75) is 19.0 Å². The van der Waals surface area contributed by atoms with E-state index in [0.717, 1.165) is 0 Å². The molecule has 0 unspecified atom stereocenters. The van der Waals surface area contributed by atoms with E-state index in [0.29, 0.717) is 6.54 Å². The normalized spacial score (nSPS) is 14.1. The predicted octanol–water partition coefficient (Wildman–Crippen LogP) is -3.10. The number of rotatable bonds is 8. The lowest BCUT2D eigenvalue weighted by Gasteiger charge is -2.19. The zero-order chi connectivity index (χ0) is 14.8. The van der Waals surface area contributed by atoms with Gasteiger partial charge in [0.2, 0.25) is 17.7 Å². The van der Waals surface area contributed by atoms with Crippen LogP contribution in [-0.4, -0.2) is 57.0 Å². The third kappa shape index (κ3) is 6.16. The largest absolute Gasteiger partial charge is 0.368 e. The number of carbonyl (C=O) groups is 3. The molecule has 0 radical (unpaired) electrons. The summed E-state index contributed by atoms with van der Waals surface area (Å²) in [6.45, 7) is 1.60. The predicted molar refractivity (Wildman–Crippen MR) is 66.6 cm³/mol. The monoisotopic (exact) mass is 261 g/mol. The molecule has 0 saturated heterocycles. The SMILES string of the molecule is [3H]NC(=O)[C@H](CNC(=O)[C@H](CNC)NC)NC(C)=O. The van der Waals surface area contributed by atoms with E-state index in [1.54, 1.807) is 19.8 Å². The van der Waals surface area contributed by atoms with E-state index < -0.39 is 23.9 Å². The van der Waals surface area contributed by atoms with E-state index in [1.807, 2.05) is 0 Å². The van der Waals surface area contributed by atoms with E-state index in [-0.39, 0.29) is 12.5 Å². The Kier molecular flexibility index (Phi) is 6.74. The second-order valence-corrected chi connectivity index (χ2v) is 3.76. The molecule has 0 spiro atoms. The zero-order valence-electron chi connectivity index (χ0n) is 11.8. The second-order valence-electron chi connectivity index (χ2n) is 3.76. The van der Waals surface area contributed by atoms with Crippen LogP contribution in [-0.2, 0) is 14.4 Å². The average molecular weight is 261 g/mol. The first-order chi connectivity index (χ1) is 8.96. The molecule has 0 saturated carbocycles. The summed E-state index contributed by atoms with van der Waals surface area (Å²) < 4.78 is 6.77. The molecule has 3 amide bonds. The Balaban J connectivity index is 4.41. The molecule has 0 bridgehead atoms. The van der Waals surface area contributed by atoms with Gasteiger partial charge in [-0.25, -0.2) is 0 Å². The van der Waals surface area contributed by atoms with Gasteiger partial charge in [-0.2, -0.15) is 0 Å². The van der Waals surface area contributed by atoms with Gasteiger partial charge in [0.05, 0.1) is 6.04 Å². The molecule has 8 heteroatoms. The number of nitrogens with one attached hydrogen (secondary N) is 4. The number of primary amides is 1. The Bertz CT molecular complexity index is 326. The van der Waals surface area contributed by atoms with Crippen molar-refractivity contribution in [3.05, 3.63) is 0 Å². The van der Waals surface area contributed by atoms with Crippen LogP contribution < -0.4 is 27.0 Å². The third-order valence-electron chi connectivity index (χ3n) is 2.25. The molecule has 0 aliphatic heterocycles. The summed E-state index contributed by atoms with van der Waals surface area (Å²) in [4.78, 5) is 34.0. The van der Waals surface area contributed by atoms with Crippen LogP contribution in [0.5, 0.6) is 0 Å². The van der Waals surface area contributed by atoms with Crippen molar-refractivity contribution >= 4 is 17.7 Å². The third-order valence-corrected chi connectivity index (χ3v) is 2.25. The lowest BCUT2D eigenvalue weighted by Crippen LogP contribution is -2.54. The fourth-order valence-electron chi connectivity index (χ4n) is 1.31. The Morgan fingerprint density at radius 3 is 2.33 bits per heavy atom. The van der Waals surface area contributed by atoms with Crippen molar-refractivity contribution < 1.29 is 15.8 Å². The van der Waals surface area contributed by atoms with Crippen LogP contribution in [0.25, 0.3) is 0 Å². The lowest BCUT2D eigenvalue weighted by molar-refractivity contribution is -0.127. The topological polar surface area (TPSA) is 125 Å². The highest BCUT2D eigenvalue weighted by Gasteiger charge is 2.20. The molecule has 0 fully saturated rings. The van der Waals surface area contributed by atoms with Crippen molar-refractivity contribution in [1.82, 2.24) is 21.3 Å². The number of amides is 3. The molecule has 0 rings (SSSR count). The second kappa shape index (κ2) is 8.43. The summed E-state index contributed by atoms with van der Waals surface area (Å²) in [7, 11) is 3.36.